The van der Waals surface area contributed by atoms with Crippen LogP contribution in [0.25, 0.3) is 0 Å². The lowest BCUT2D eigenvalue weighted by atomic mass is 10.2. The van der Waals surface area contributed by atoms with Crippen molar-refractivity contribution in [3.8, 4) is 0 Å². The van der Waals surface area contributed by atoms with Crippen molar-refractivity contribution in [1.82, 2.24) is 4.98 Å². The van der Waals surface area contributed by atoms with Gasteiger partial charge in [-0.25, -0.2) is 4.98 Å². The van der Waals surface area contributed by atoms with Gasteiger partial charge in [0.25, 0.3) is 5.91 Å². The molecule has 1 amide bonds. The lowest BCUT2D eigenvalue weighted by Crippen LogP contribution is -2.14. The monoisotopic (exact) mass is 315 g/mol. The summed E-state index contributed by atoms with van der Waals surface area (Å²) in [6.45, 7) is 0. The van der Waals surface area contributed by atoms with Crippen LogP contribution < -0.4 is 11.1 Å². The third-order valence-electron chi connectivity index (χ3n) is 2.32. The van der Waals surface area contributed by atoms with E-state index in [0.29, 0.717) is 15.7 Å². The van der Waals surface area contributed by atoms with Crippen LogP contribution >= 0.6 is 34.8 Å². The second-order valence-corrected chi connectivity index (χ2v) is 4.86. The summed E-state index contributed by atoms with van der Waals surface area (Å²) in [5.41, 5.74) is 6.04. The van der Waals surface area contributed by atoms with E-state index in [9.17, 15) is 4.79 Å². The SMILES string of the molecule is Nc1cc(C(=O)Nc2c(Cl)cccc2Cl)c(Cl)cn1. The minimum absolute atomic E-state index is 0.190. The molecule has 1 heterocycles. The highest BCUT2D eigenvalue weighted by Gasteiger charge is 2.14. The maximum atomic E-state index is 12.1. The summed E-state index contributed by atoms with van der Waals surface area (Å²) in [6.07, 6.45) is 1.31. The van der Waals surface area contributed by atoms with Crippen LogP contribution in [-0.4, -0.2) is 10.9 Å². The lowest BCUT2D eigenvalue weighted by Gasteiger charge is -2.10. The first-order valence-corrected chi connectivity index (χ1v) is 6.29. The van der Waals surface area contributed by atoms with E-state index in [2.05, 4.69) is 10.3 Å². The van der Waals surface area contributed by atoms with Crippen molar-refractivity contribution in [2.75, 3.05) is 11.1 Å². The van der Waals surface area contributed by atoms with Crippen LogP contribution in [-0.2, 0) is 0 Å². The van der Waals surface area contributed by atoms with Gasteiger partial charge in [0, 0.05) is 6.20 Å². The molecule has 0 aliphatic heterocycles. The predicted octanol–water partition coefficient (Wildman–Crippen LogP) is 3.88. The number of amides is 1. The van der Waals surface area contributed by atoms with Crippen molar-refractivity contribution in [1.29, 1.82) is 0 Å². The molecule has 2 aromatic rings. The first-order valence-electron chi connectivity index (χ1n) is 5.15. The Morgan fingerprint density at radius 2 is 1.79 bits per heavy atom. The molecule has 3 N–H and O–H groups in total. The van der Waals surface area contributed by atoms with Gasteiger partial charge in [-0.15, -0.1) is 0 Å². The summed E-state index contributed by atoms with van der Waals surface area (Å²) >= 11 is 17.8. The number of nitrogens with zero attached hydrogens (tertiary/aromatic N) is 1. The number of pyridine rings is 1. The fourth-order valence-electron chi connectivity index (χ4n) is 1.43. The molecule has 98 valence electrons. The van der Waals surface area contributed by atoms with Crippen LogP contribution in [0.15, 0.2) is 30.5 Å². The highest BCUT2D eigenvalue weighted by Crippen LogP contribution is 2.30. The molecule has 0 atom stereocenters. The third-order valence-corrected chi connectivity index (χ3v) is 3.25. The zero-order chi connectivity index (χ0) is 14.0. The van der Waals surface area contributed by atoms with E-state index in [1.165, 1.54) is 12.3 Å². The number of nitrogen functional groups attached to an aromatic ring is 1. The summed E-state index contributed by atoms with van der Waals surface area (Å²) in [4.78, 5) is 15.9. The van der Waals surface area contributed by atoms with Gasteiger partial charge in [-0.2, -0.15) is 0 Å². The van der Waals surface area contributed by atoms with Crippen molar-refractivity contribution >= 4 is 52.2 Å². The number of rotatable bonds is 2. The van der Waals surface area contributed by atoms with Crippen LogP contribution in [0, 0.1) is 0 Å². The first kappa shape index (κ1) is 13.9. The number of aromatic nitrogens is 1. The van der Waals surface area contributed by atoms with Gasteiger partial charge in [-0.1, -0.05) is 40.9 Å². The first-order chi connectivity index (χ1) is 8.99. The molecule has 19 heavy (non-hydrogen) atoms. The van der Waals surface area contributed by atoms with E-state index in [1.807, 2.05) is 0 Å². The zero-order valence-electron chi connectivity index (χ0n) is 9.45. The second kappa shape index (κ2) is 5.65. The molecule has 0 spiro atoms. The van der Waals surface area contributed by atoms with Gasteiger partial charge in [0.2, 0.25) is 0 Å². The zero-order valence-corrected chi connectivity index (χ0v) is 11.7. The second-order valence-electron chi connectivity index (χ2n) is 3.64. The molecule has 4 nitrogen and oxygen atoms in total. The van der Waals surface area contributed by atoms with E-state index < -0.39 is 5.91 Å². The molecule has 0 saturated heterocycles. The number of anilines is 2. The Kier molecular flexibility index (Phi) is 4.14. The van der Waals surface area contributed by atoms with Crippen LogP contribution in [0.2, 0.25) is 15.1 Å². The lowest BCUT2D eigenvalue weighted by molar-refractivity contribution is 0.102. The maximum absolute atomic E-state index is 12.1. The Morgan fingerprint density at radius 1 is 1.16 bits per heavy atom. The number of hydrogen-bond acceptors (Lipinski definition) is 3. The molecule has 1 aromatic heterocycles. The van der Waals surface area contributed by atoms with Crippen molar-refractivity contribution in [3.63, 3.8) is 0 Å². The molecule has 0 fully saturated rings. The number of para-hydroxylation sites is 1. The molecule has 0 saturated carbocycles. The number of carbonyl (C=O) groups is 1. The Bertz CT molecular complexity index is 626. The fourth-order valence-corrected chi connectivity index (χ4v) is 2.11. The van der Waals surface area contributed by atoms with E-state index in [1.54, 1.807) is 18.2 Å². The van der Waals surface area contributed by atoms with Gasteiger partial charge in [0.05, 0.1) is 26.3 Å². The number of nitrogens with two attached hydrogens (primary N) is 1. The normalized spacial score (nSPS) is 10.3. The maximum Gasteiger partial charge on any atom is 0.257 e. The minimum atomic E-state index is -0.464. The van der Waals surface area contributed by atoms with E-state index >= 15 is 0 Å². The highest BCUT2D eigenvalue weighted by molar-refractivity contribution is 6.40. The molecule has 0 aliphatic rings. The van der Waals surface area contributed by atoms with Gasteiger partial charge in [-0.3, -0.25) is 4.79 Å². The van der Waals surface area contributed by atoms with Crippen molar-refractivity contribution in [2.45, 2.75) is 0 Å². The summed E-state index contributed by atoms with van der Waals surface area (Å²) < 4.78 is 0. The number of halogens is 3. The molecule has 0 unspecified atom stereocenters. The van der Waals surface area contributed by atoms with Crippen LogP contribution in [0.5, 0.6) is 0 Å². The van der Waals surface area contributed by atoms with E-state index in [0.717, 1.165) is 0 Å². The van der Waals surface area contributed by atoms with Gasteiger partial charge in [0.15, 0.2) is 0 Å². The Labute approximate surface area is 124 Å². The Balaban J connectivity index is 2.34. The molecule has 0 radical (unpaired) electrons. The number of benzene rings is 1. The van der Waals surface area contributed by atoms with Gasteiger partial charge in [0.1, 0.15) is 5.82 Å². The summed E-state index contributed by atoms with van der Waals surface area (Å²) in [7, 11) is 0. The average molecular weight is 317 g/mol. The van der Waals surface area contributed by atoms with Crippen molar-refractivity contribution < 1.29 is 4.79 Å². The van der Waals surface area contributed by atoms with E-state index in [-0.39, 0.29) is 16.4 Å². The Morgan fingerprint density at radius 3 is 2.42 bits per heavy atom. The molecule has 1 aromatic carbocycles. The quantitative estimate of drug-likeness (QED) is 0.883. The average Bonchev–Trinajstić information content (AvgIpc) is 2.37. The summed E-state index contributed by atoms with van der Waals surface area (Å²) in [5.74, 6) is -0.270. The number of hydrogen-bond donors (Lipinski definition) is 2. The Hall–Kier alpha value is -1.49. The van der Waals surface area contributed by atoms with Crippen LogP contribution in [0.3, 0.4) is 0 Å². The van der Waals surface area contributed by atoms with Crippen molar-refractivity contribution in [2.24, 2.45) is 0 Å². The minimum Gasteiger partial charge on any atom is -0.384 e. The van der Waals surface area contributed by atoms with Gasteiger partial charge < -0.3 is 11.1 Å². The number of carbonyl (C=O) groups excluding carboxylic acids is 1. The van der Waals surface area contributed by atoms with Crippen LogP contribution in [0.4, 0.5) is 11.5 Å². The van der Waals surface area contributed by atoms with Crippen LogP contribution in [0.1, 0.15) is 10.4 Å². The molecule has 2 rings (SSSR count). The molecule has 0 aliphatic carbocycles. The molecular weight excluding hydrogens is 309 g/mol. The van der Waals surface area contributed by atoms with Gasteiger partial charge in [-0.05, 0) is 18.2 Å². The standard InChI is InChI=1S/C12H8Cl3N3O/c13-7-2-1-3-8(14)11(7)18-12(19)6-4-10(16)17-5-9(6)15/h1-5H,(H2,16,17)(H,18,19). The van der Waals surface area contributed by atoms with Gasteiger partial charge >= 0.3 is 0 Å². The summed E-state index contributed by atoms with van der Waals surface area (Å²) in [5, 5.41) is 3.45. The fraction of sp³-hybridized carbons (Fsp3) is 0. The third kappa shape index (κ3) is 3.10. The molecule has 0 bridgehead atoms. The largest absolute Gasteiger partial charge is 0.384 e. The molecular formula is C12H8Cl3N3O. The molecule has 7 heteroatoms. The van der Waals surface area contributed by atoms with E-state index in [4.69, 9.17) is 40.5 Å². The highest BCUT2D eigenvalue weighted by atomic mass is 35.5. The predicted molar refractivity (Wildman–Crippen MR) is 78.1 cm³/mol. The smallest absolute Gasteiger partial charge is 0.257 e. The van der Waals surface area contributed by atoms with Crippen molar-refractivity contribution in [3.05, 3.63) is 51.1 Å². The number of nitrogens with one attached hydrogen (secondary N) is 1. The summed E-state index contributed by atoms with van der Waals surface area (Å²) in [6, 6.07) is 6.29. The topological polar surface area (TPSA) is 68.0 Å².